The fourth-order valence-electron chi connectivity index (χ4n) is 3.06. The van der Waals surface area contributed by atoms with Gasteiger partial charge in [-0.15, -0.1) is 11.3 Å². The van der Waals surface area contributed by atoms with Gasteiger partial charge in [-0.1, -0.05) is 37.6 Å². The van der Waals surface area contributed by atoms with E-state index in [9.17, 15) is 9.59 Å². The predicted octanol–water partition coefficient (Wildman–Crippen LogP) is 4.11. The van der Waals surface area contributed by atoms with Gasteiger partial charge in [0.15, 0.2) is 0 Å². The minimum absolute atomic E-state index is 0.195. The Bertz CT molecular complexity index is 790. The highest BCUT2D eigenvalue weighted by Crippen LogP contribution is 2.33. The predicted molar refractivity (Wildman–Crippen MR) is 98.6 cm³/mol. The lowest BCUT2D eigenvalue weighted by Gasteiger charge is -2.25. The first kappa shape index (κ1) is 17.9. The highest BCUT2D eigenvalue weighted by molar-refractivity contribution is 7.09. The van der Waals surface area contributed by atoms with Crippen LogP contribution in [0.15, 0.2) is 29.6 Å². The number of nitrogens with one attached hydrogen (secondary N) is 1. The normalized spacial score (nSPS) is 20.2. The smallest absolute Gasteiger partial charge is 0.319 e. The number of halogens is 1. The molecule has 1 aromatic heterocycles. The average Bonchev–Trinajstić information content (AvgIpc) is 3.14. The zero-order valence-corrected chi connectivity index (χ0v) is 15.8. The van der Waals surface area contributed by atoms with E-state index in [1.807, 2.05) is 12.3 Å². The molecule has 1 aromatic carbocycles. The summed E-state index contributed by atoms with van der Waals surface area (Å²) in [6, 6.07) is 6.65. The first-order valence-electron chi connectivity index (χ1n) is 8.33. The summed E-state index contributed by atoms with van der Waals surface area (Å²) in [5.74, 6) is -0.243. The van der Waals surface area contributed by atoms with Crippen LogP contribution in [0.4, 0.5) is 4.79 Å². The molecule has 1 saturated heterocycles. The second kappa shape index (κ2) is 7.14. The highest BCUT2D eigenvalue weighted by Gasteiger charge is 2.51. The van der Waals surface area contributed by atoms with Crippen LogP contribution in [0.25, 0.3) is 0 Å². The van der Waals surface area contributed by atoms with Crippen LogP contribution < -0.4 is 5.32 Å². The van der Waals surface area contributed by atoms with Crippen molar-refractivity contribution >= 4 is 34.9 Å². The summed E-state index contributed by atoms with van der Waals surface area (Å²) < 4.78 is 0. The number of nitrogens with zero attached hydrogens (tertiary/aromatic N) is 2. The largest absolute Gasteiger partial charge is 0.325 e. The van der Waals surface area contributed by atoms with Crippen LogP contribution in [-0.4, -0.2) is 21.8 Å². The van der Waals surface area contributed by atoms with E-state index < -0.39 is 5.54 Å². The van der Waals surface area contributed by atoms with E-state index in [1.54, 1.807) is 35.6 Å². The summed E-state index contributed by atoms with van der Waals surface area (Å²) in [6.07, 6.45) is 2.40. The number of imide groups is 1. The van der Waals surface area contributed by atoms with Crippen molar-refractivity contribution in [3.8, 4) is 0 Å². The van der Waals surface area contributed by atoms with Crippen molar-refractivity contribution in [1.29, 1.82) is 0 Å². The molecule has 0 unspecified atom stereocenters. The van der Waals surface area contributed by atoms with E-state index in [0.717, 1.165) is 29.1 Å². The molecule has 3 amide bonds. The topological polar surface area (TPSA) is 62.3 Å². The van der Waals surface area contributed by atoms with Gasteiger partial charge in [0.1, 0.15) is 5.54 Å². The lowest BCUT2D eigenvalue weighted by molar-refractivity contribution is -0.132. The number of hydrogen-bond donors (Lipinski definition) is 1. The number of aromatic nitrogens is 1. The van der Waals surface area contributed by atoms with Crippen LogP contribution in [0, 0.1) is 0 Å². The van der Waals surface area contributed by atoms with Crippen molar-refractivity contribution in [1.82, 2.24) is 15.2 Å². The molecule has 0 radical (unpaired) electrons. The van der Waals surface area contributed by atoms with Gasteiger partial charge in [0.2, 0.25) is 0 Å². The Labute approximate surface area is 156 Å². The van der Waals surface area contributed by atoms with Crippen LogP contribution >= 0.6 is 22.9 Å². The van der Waals surface area contributed by atoms with Gasteiger partial charge in [-0.05, 0) is 37.0 Å². The summed E-state index contributed by atoms with van der Waals surface area (Å²) >= 11 is 7.51. The summed E-state index contributed by atoms with van der Waals surface area (Å²) in [7, 11) is 0. The molecule has 2 aromatic rings. The number of amides is 3. The van der Waals surface area contributed by atoms with Gasteiger partial charge >= 0.3 is 6.03 Å². The van der Waals surface area contributed by atoms with Gasteiger partial charge in [0, 0.05) is 10.4 Å². The van der Waals surface area contributed by atoms with E-state index >= 15 is 0 Å². The third-order valence-electron chi connectivity index (χ3n) is 4.43. The summed E-state index contributed by atoms with van der Waals surface area (Å²) in [5.41, 5.74) is 0.453. The van der Waals surface area contributed by atoms with E-state index in [1.165, 1.54) is 4.90 Å². The summed E-state index contributed by atoms with van der Waals surface area (Å²) in [6.45, 7) is 4.18. The molecule has 1 aliphatic rings. The lowest BCUT2D eigenvalue weighted by Crippen LogP contribution is -2.43. The fourth-order valence-corrected chi connectivity index (χ4v) is 4.07. The quantitative estimate of drug-likeness (QED) is 0.770. The number of aryl methyl sites for hydroxylation is 1. The molecule has 132 valence electrons. The first-order chi connectivity index (χ1) is 12.0. The number of carbonyl (C=O) groups is 2. The Morgan fingerprint density at radius 1 is 1.24 bits per heavy atom. The van der Waals surface area contributed by atoms with Crippen molar-refractivity contribution in [3.63, 3.8) is 0 Å². The van der Waals surface area contributed by atoms with Crippen LogP contribution in [-0.2, 0) is 23.3 Å². The molecule has 5 nitrogen and oxygen atoms in total. The zero-order chi connectivity index (χ0) is 18.0. The van der Waals surface area contributed by atoms with E-state index in [2.05, 4.69) is 17.2 Å². The van der Waals surface area contributed by atoms with Crippen molar-refractivity contribution < 1.29 is 9.59 Å². The van der Waals surface area contributed by atoms with Crippen molar-refractivity contribution in [2.45, 2.75) is 45.2 Å². The molecule has 2 heterocycles. The Balaban J connectivity index is 1.86. The zero-order valence-electron chi connectivity index (χ0n) is 14.2. The van der Waals surface area contributed by atoms with Crippen LogP contribution in [0.3, 0.4) is 0 Å². The van der Waals surface area contributed by atoms with Crippen molar-refractivity contribution in [2.24, 2.45) is 0 Å². The summed E-state index contributed by atoms with van der Waals surface area (Å²) in [4.78, 5) is 31.3. The molecular weight excluding hydrogens is 358 g/mol. The number of carbonyl (C=O) groups excluding carboxylic acids is 2. The third-order valence-corrected chi connectivity index (χ3v) is 5.64. The van der Waals surface area contributed by atoms with E-state index in [0.29, 0.717) is 11.4 Å². The van der Waals surface area contributed by atoms with Crippen molar-refractivity contribution in [3.05, 3.63) is 50.9 Å². The van der Waals surface area contributed by atoms with Crippen LogP contribution in [0.1, 0.15) is 43.0 Å². The molecule has 0 saturated carbocycles. The van der Waals surface area contributed by atoms with Gasteiger partial charge in [0.25, 0.3) is 5.91 Å². The average molecular weight is 378 g/mol. The standard InChI is InChI=1S/C18H20ClN3O2S/c1-3-5-15-20-14(11-25-15)10-22-16(23)18(4-2,21-17(22)24)12-6-8-13(19)9-7-12/h6-9,11H,3-5,10H2,1-2H3,(H,21,24)/t18-/m1/s1. The fraction of sp³-hybridized carbons (Fsp3) is 0.389. The lowest BCUT2D eigenvalue weighted by atomic mass is 9.87. The molecular formula is C18H20ClN3O2S. The Morgan fingerprint density at radius 2 is 1.96 bits per heavy atom. The molecule has 0 bridgehead atoms. The molecule has 3 rings (SSSR count). The summed E-state index contributed by atoms with van der Waals surface area (Å²) in [5, 5.41) is 6.42. The maximum atomic E-state index is 13.1. The van der Waals surface area contributed by atoms with Gasteiger partial charge in [-0.3, -0.25) is 9.69 Å². The molecule has 25 heavy (non-hydrogen) atoms. The minimum atomic E-state index is -1.04. The Morgan fingerprint density at radius 3 is 2.60 bits per heavy atom. The molecule has 1 atom stereocenters. The Kier molecular flexibility index (Phi) is 5.11. The number of urea groups is 1. The maximum absolute atomic E-state index is 13.1. The SMILES string of the molecule is CCCc1nc(CN2C(=O)N[C@](CC)(c3ccc(Cl)cc3)C2=O)cs1. The van der Waals surface area contributed by atoms with E-state index in [-0.39, 0.29) is 18.5 Å². The van der Waals surface area contributed by atoms with Gasteiger partial charge < -0.3 is 5.32 Å². The molecule has 0 aliphatic carbocycles. The second-order valence-corrected chi connectivity index (χ2v) is 7.45. The second-order valence-electron chi connectivity index (χ2n) is 6.07. The number of benzene rings is 1. The van der Waals surface area contributed by atoms with Gasteiger partial charge in [-0.2, -0.15) is 0 Å². The van der Waals surface area contributed by atoms with Gasteiger partial charge in [0.05, 0.1) is 17.2 Å². The number of hydrogen-bond acceptors (Lipinski definition) is 4. The number of rotatable bonds is 6. The van der Waals surface area contributed by atoms with Crippen LogP contribution in [0.2, 0.25) is 5.02 Å². The van der Waals surface area contributed by atoms with Crippen molar-refractivity contribution in [2.75, 3.05) is 0 Å². The molecule has 7 heteroatoms. The molecule has 1 N–H and O–H groups in total. The minimum Gasteiger partial charge on any atom is -0.319 e. The highest BCUT2D eigenvalue weighted by atomic mass is 35.5. The van der Waals surface area contributed by atoms with E-state index in [4.69, 9.17) is 11.6 Å². The maximum Gasteiger partial charge on any atom is 0.325 e. The molecule has 0 spiro atoms. The third kappa shape index (κ3) is 3.28. The first-order valence-corrected chi connectivity index (χ1v) is 9.59. The van der Waals surface area contributed by atoms with Crippen LogP contribution in [0.5, 0.6) is 0 Å². The molecule has 1 fully saturated rings. The molecule has 1 aliphatic heterocycles. The monoisotopic (exact) mass is 377 g/mol. The Hall–Kier alpha value is -1.92. The van der Waals surface area contributed by atoms with Gasteiger partial charge in [-0.25, -0.2) is 9.78 Å². The number of thiazole rings is 1.